The van der Waals surface area contributed by atoms with Crippen LogP contribution in [-0.4, -0.2) is 25.3 Å². The summed E-state index contributed by atoms with van der Waals surface area (Å²) in [5, 5.41) is 3.43. The molecule has 1 aliphatic carbocycles. The van der Waals surface area contributed by atoms with Crippen LogP contribution >= 0.6 is 0 Å². The van der Waals surface area contributed by atoms with Gasteiger partial charge in [-0.1, -0.05) is 19.8 Å². The van der Waals surface area contributed by atoms with Crippen LogP contribution in [0.4, 0.5) is 0 Å². The fourth-order valence-corrected chi connectivity index (χ4v) is 2.85. The van der Waals surface area contributed by atoms with E-state index < -0.39 is 0 Å². The molecule has 0 heterocycles. The highest BCUT2D eigenvalue weighted by Gasteiger charge is 2.52. The molecule has 0 saturated heterocycles. The fourth-order valence-electron chi connectivity index (χ4n) is 2.85. The molecule has 2 unspecified atom stereocenters. The Balaban J connectivity index is 2.58. The maximum absolute atomic E-state index is 5.79. The van der Waals surface area contributed by atoms with Gasteiger partial charge in [0.1, 0.15) is 0 Å². The van der Waals surface area contributed by atoms with Crippen LogP contribution in [0, 0.1) is 17.8 Å². The summed E-state index contributed by atoms with van der Waals surface area (Å²) in [5.41, 5.74) is 0.312. The minimum atomic E-state index is 0.312. The normalized spacial score (nSPS) is 28.1. The average molecular weight is 209 g/mol. The van der Waals surface area contributed by atoms with Gasteiger partial charge in [0.15, 0.2) is 0 Å². The van der Waals surface area contributed by atoms with Crippen molar-refractivity contribution in [2.45, 2.75) is 52.2 Å². The Morgan fingerprint density at radius 1 is 1.40 bits per heavy atom. The van der Waals surface area contributed by atoms with Gasteiger partial charge in [0, 0.05) is 18.1 Å². The molecule has 1 saturated carbocycles. The van der Waals surface area contributed by atoms with E-state index in [9.17, 15) is 0 Å². The Bertz CT molecular complexity index is 227. The van der Waals surface area contributed by atoms with Gasteiger partial charge in [-0.2, -0.15) is 0 Å². The highest BCUT2D eigenvalue weighted by atomic mass is 16.5. The Morgan fingerprint density at radius 3 is 2.53 bits per heavy atom. The van der Waals surface area contributed by atoms with Gasteiger partial charge < -0.3 is 10.1 Å². The third kappa shape index (κ3) is 2.19. The van der Waals surface area contributed by atoms with E-state index in [2.05, 4.69) is 32.0 Å². The first-order valence-corrected chi connectivity index (χ1v) is 6.03. The molecule has 2 atom stereocenters. The third-order valence-corrected chi connectivity index (χ3v) is 3.92. The van der Waals surface area contributed by atoms with Crippen LogP contribution in [-0.2, 0) is 4.74 Å². The van der Waals surface area contributed by atoms with Gasteiger partial charge in [-0.3, -0.25) is 0 Å². The second-order valence-electron chi connectivity index (χ2n) is 4.26. The van der Waals surface area contributed by atoms with Crippen LogP contribution in [0.25, 0.3) is 0 Å². The second-order valence-corrected chi connectivity index (χ2v) is 4.26. The van der Waals surface area contributed by atoms with Crippen molar-refractivity contribution in [3.8, 4) is 12.3 Å². The van der Waals surface area contributed by atoms with Crippen LogP contribution in [0.15, 0.2) is 0 Å². The zero-order valence-corrected chi connectivity index (χ0v) is 10.2. The molecule has 1 N–H and O–H groups in total. The quantitative estimate of drug-likeness (QED) is 0.677. The standard InChI is InChI=1S/C13H23NO/c1-5-9-14-11-10-12(15-8-4)13(11,6-2)7-3/h1,11-12,14H,6-10H2,2-4H3. The number of hydrogen-bond donors (Lipinski definition) is 1. The zero-order valence-electron chi connectivity index (χ0n) is 10.2. The molecule has 1 aliphatic rings. The number of ether oxygens (including phenoxy) is 1. The lowest BCUT2D eigenvalue weighted by Crippen LogP contribution is -2.63. The maximum atomic E-state index is 5.79. The number of rotatable bonds is 6. The molecule has 0 spiro atoms. The molecular weight excluding hydrogens is 186 g/mol. The summed E-state index contributed by atoms with van der Waals surface area (Å²) in [6, 6.07) is 0.542. The number of nitrogens with one attached hydrogen (secondary N) is 1. The smallest absolute Gasteiger partial charge is 0.0660 e. The summed E-state index contributed by atoms with van der Waals surface area (Å²) < 4.78 is 5.79. The van der Waals surface area contributed by atoms with Crippen LogP contribution < -0.4 is 5.32 Å². The van der Waals surface area contributed by atoms with E-state index in [0.717, 1.165) is 25.9 Å². The summed E-state index contributed by atoms with van der Waals surface area (Å²) in [6.07, 6.45) is 9.14. The third-order valence-electron chi connectivity index (χ3n) is 3.92. The highest BCUT2D eigenvalue weighted by molar-refractivity contribution is 5.08. The summed E-state index contributed by atoms with van der Waals surface area (Å²) in [7, 11) is 0. The van der Waals surface area contributed by atoms with Crippen molar-refractivity contribution in [1.82, 2.24) is 5.32 Å². The van der Waals surface area contributed by atoms with E-state index in [0.29, 0.717) is 24.1 Å². The van der Waals surface area contributed by atoms with Crippen molar-refractivity contribution in [3.05, 3.63) is 0 Å². The molecule has 86 valence electrons. The summed E-state index contributed by atoms with van der Waals surface area (Å²) in [5.74, 6) is 2.65. The molecule has 2 nitrogen and oxygen atoms in total. The van der Waals surface area contributed by atoms with Crippen LogP contribution in [0.5, 0.6) is 0 Å². The maximum Gasteiger partial charge on any atom is 0.0660 e. The Labute approximate surface area is 93.8 Å². The molecule has 0 bridgehead atoms. The first kappa shape index (κ1) is 12.5. The summed E-state index contributed by atoms with van der Waals surface area (Å²) in [6.45, 7) is 8.05. The SMILES string of the molecule is C#CCNC1CC(OCC)C1(CC)CC. The molecule has 0 amide bonds. The predicted octanol–water partition coefficient (Wildman–Crippen LogP) is 2.19. The van der Waals surface area contributed by atoms with E-state index >= 15 is 0 Å². The van der Waals surface area contributed by atoms with E-state index in [4.69, 9.17) is 11.2 Å². The summed E-state index contributed by atoms with van der Waals surface area (Å²) >= 11 is 0. The molecule has 0 radical (unpaired) electrons. The van der Waals surface area contributed by atoms with Gasteiger partial charge in [0.25, 0.3) is 0 Å². The van der Waals surface area contributed by atoms with Crippen LogP contribution in [0.1, 0.15) is 40.0 Å². The average Bonchev–Trinajstić information content (AvgIpc) is 2.24. The predicted molar refractivity (Wildman–Crippen MR) is 63.7 cm³/mol. The van der Waals surface area contributed by atoms with Crippen LogP contribution in [0.2, 0.25) is 0 Å². The molecule has 0 aromatic rings. The molecule has 0 aromatic heterocycles. The van der Waals surface area contributed by atoms with E-state index in [1.54, 1.807) is 0 Å². The molecule has 1 fully saturated rings. The largest absolute Gasteiger partial charge is 0.378 e. The Morgan fingerprint density at radius 2 is 2.07 bits per heavy atom. The van der Waals surface area contributed by atoms with Gasteiger partial charge in [0.2, 0.25) is 0 Å². The van der Waals surface area contributed by atoms with Crippen molar-refractivity contribution in [2.24, 2.45) is 5.41 Å². The molecule has 0 aromatic carbocycles. The second kappa shape index (κ2) is 5.53. The summed E-state index contributed by atoms with van der Waals surface area (Å²) in [4.78, 5) is 0. The zero-order chi connectivity index (χ0) is 11.3. The first-order chi connectivity index (χ1) is 7.25. The molecule has 0 aliphatic heterocycles. The molecule has 15 heavy (non-hydrogen) atoms. The van der Waals surface area contributed by atoms with Crippen molar-refractivity contribution in [2.75, 3.05) is 13.2 Å². The Hall–Kier alpha value is -0.520. The molecule has 2 heteroatoms. The molecular formula is C13H23NO. The van der Waals surface area contributed by atoms with E-state index in [-0.39, 0.29) is 0 Å². The fraction of sp³-hybridized carbons (Fsp3) is 0.846. The van der Waals surface area contributed by atoms with Gasteiger partial charge in [-0.05, 0) is 26.2 Å². The van der Waals surface area contributed by atoms with Crippen molar-refractivity contribution in [3.63, 3.8) is 0 Å². The van der Waals surface area contributed by atoms with E-state index in [1.807, 2.05) is 0 Å². The van der Waals surface area contributed by atoms with Gasteiger partial charge in [-0.25, -0.2) is 0 Å². The van der Waals surface area contributed by atoms with E-state index in [1.165, 1.54) is 0 Å². The van der Waals surface area contributed by atoms with Gasteiger partial charge >= 0.3 is 0 Å². The molecule has 1 rings (SSSR count). The lowest BCUT2D eigenvalue weighted by atomic mass is 9.58. The monoisotopic (exact) mass is 209 g/mol. The topological polar surface area (TPSA) is 21.3 Å². The lowest BCUT2D eigenvalue weighted by molar-refractivity contribution is -0.136. The Kier molecular flexibility index (Phi) is 4.63. The van der Waals surface area contributed by atoms with Crippen molar-refractivity contribution < 1.29 is 4.74 Å². The van der Waals surface area contributed by atoms with Crippen molar-refractivity contribution >= 4 is 0 Å². The number of terminal acetylenes is 1. The van der Waals surface area contributed by atoms with Gasteiger partial charge in [0.05, 0.1) is 12.6 Å². The minimum Gasteiger partial charge on any atom is -0.378 e. The number of hydrogen-bond acceptors (Lipinski definition) is 2. The lowest BCUT2D eigenvalue weighted by Gasteiger charge is -2.55. The first-order valence-electron chi connectivity index (χ1n) is 6.03. The van der Waals surface area contributed by atoms with Crippen LogP contribution in [0.3, 0.4) is 0 Å². The van der Waals surface area contributed by atoms with Gasteiger partial charge in [-0.15, -0.1) is 6.42 Å². The highest BCUT2D eigenvalue weighted by Crippen LogP contribution is 2.48. The van der Waals surface area contributed by atoms with Crippen molar-refractivity contribution in [1.29, 1.82) is 0 Å². The minimum absolute atomic E-state index is 0.312.